The van der Waals surface area contributed by atoms with Crippen LogP contribution in [0.15, 0.2) is 31.4 Å². The average molecular weight is 1180 g/mol. The summed E-state index contributed by atoms with van der Waals surface area (Å²) in [5.41, 5.74) is -4.19. The zero-order chi connectivity index (χ0) is 60.6. The normalized spacial score (nSPS) is 47.9. The Kier molecular flexibility index (Phi) is 22.4. The van der Waals surface area contributed by atoms with Crippen LogP contribution in [0.4, 0.5) is 0 Å². The van der Waals surface area contributed by atoms with E-state index in [0.717, 1.165) is 57.8 Å². The first-order valence-corrected chi connectivity index (χ1v) is 31.0. The summed E-state index contributed by atoms with van der Waals surface area (Å²) in [7, 11) is 0. The minimum Gasteiger partial charge on any atom is -0.462 e. The second-order valence-electron chi connectivity index (χ2n) is 29.3. The molecule has 14 heteroatoms. The molecule has 5 N–H and O–H groups in total. The highest BCUT2D eigenvalue weighted by Gasteiger charge is 2.72. The Balaban J connectivity index is 0.000000266. The molecule has 24 atom stereocenters. The van der Waals surface area contributed by atoms with Gasteiger partial charge in [-0.05, 0) is 129 Å². The van der Waals surface area contributed by atoms with E-state index in [1.165, 1.54) is 6.08 Å². The molecule has 0 aliphatic heterocycles. The average Bonchev–Trinajstić information content (AvgIpc) is 1.53. The zero-order valence-electron chi connectivity index (χ0n) is 51.5. The van der Waals surface area contributed by atoms with Gasteiger partial charge in [-0.25, -0.2) is 9.59 Å². The number of carbonyl (C=O) groups excluding carboxylic acids is 6. The third kappa shape index (κ3) is 11.0. The Labute approximate surface area is 506 Å². The highest BCUT2D eigenvalue weighted by molar-refractivity contribution is 5.87. The van der Waals surface area contributed by atoms with Crippen molar-refractivity contribution in [1.29, 1.82) is 0 Å². The predicted octanol–water partition coefficient (Wildman–Crippen LogP) is 11.8. The molecule has 9 saturated carbocycles. The Morgan fingerprint density at radius 3 is 1.01 bits per heavy atom. The van der Waals surface area contributed by atoms with Crippen molar-refractivity contribution in [2.45, 2.75) is 252 Å². The van der Waals surface area contributed by atoms with Gasteiger partial charge in [0.25, 0.3) is 0 Å². The predicted molar refractivity (Wildman–Crippen MR) is 327 cm³/mol. The van der Waals surface area contributed by atoms with Crippen LogP contribution in [0.2, 0.25) is 0 Å². The van der Waals surface area contributed by atoms with E-state index in [-0.39, 0.29) is 109 Å². The quantitative estimate of drug-likeness (QED) is 0.0626. The van der Waals surface area contributed by atoms with Crippen LogP contribution in [-0.4, -0.2) is 111 Å². The van der Waals surface area contributed by atoms with E-state index in [1.54, 1.807) is 13.0 Å². The van der Waals surface area contributed by atoms with Crippen molar-refractivity contribution >= 4 is 35.3 Å². The number of carbonyl (C=O) groups is 6. The molecule has 0 saturated heterocycles. The smallest absolute Gasteiger partial charge is 0.332 e. The van der Waals surface area contributed by atoms with Gasteiger partial charge in [0.1, 0.15) is 48.9 Å². The first-order chi connectivity index (χ1) is 37.7. The van der Waals surface area contributed by atoms with Gasteiger partial charge in [0.15, 0.2) is 6.08 Å². The maximum Gasteiger partial charge on any atom is 0.332 e. The van der Waals surface area contributed by atoms with Crippen molar-refractivity contribution in [2.75, 3.05) is 13.2 Å². The lowest BCUT2D eigenvalue weighted by Crippen LogP contribution is -2.63. The summed E-state index contributed by atoms with van der Waals surface area (Å²) in [6.07, 6.45) is 12.7. The number of ketones is 3. The Bertz CT molecular complexity index is 2190. The topological polar surface area (TPSA) is 231 Å². The summed E-state index contributed by atoms with van der Waals surface area (Å²) < 4.78 is 17.5. The van der Waals surface area contributed by atoms with E-state index in [2.05, 4.69) is 75.5 Å². The molecule has 0 spiro atoms. The fourth-order valence-corrected chi connectivity index (χ4v) is 20.1. The molecule has 0 amide bonds. The summed E-state index contributed by atoms with van der Waals surface area (Å²) in [5, 5.41) is 52.5. The number of hydrogen-bond acceptors (Lipinski definition) is 14. The third-order valence-corrected chi connectivity index (χ3v) is 26.2. The summed E-state index contributed by atoms with van der Waals surface area (Å²) in [6, 6.07) is 0. The second kappa shape index (κ2) is 25.8. The molecular formula is C70H115O14+. The fourth-order valence-electron chi connectivity index (χ4n) is 20.1. The first kappa shape index (κ1) is 72.8. The van der Waals surface area contributed by atoms with Crippen LogP contribution < -0.4 is 0 Å². The molecule has 9 aliphatic rings. The van der Waals surface area contributed by atoms with E-state index >= 15 is 0 Å². The molecule has 0 aromatic carbocycles. The van der Waals surface area contributed by atoms with Crippen molar-refractivity contribution in [1.82, 2.24) is 0 Å². The molecule has 478 valence electrons. The largest absolute Gasteiger partial charge is 0.462 e. The molecule has 84 heavy (non-hydrogen) atoms. The van der Waals surface area contributed by atoms with Crippen molar-refractivity contribution < 1.29 is 68.5 Å². The molecule has 9 aliphatic carbocycles. The minimum absolute atomic E-state index is 0. The molecular weight excluding hydrogens is 1060 g/mol. The number of esters is 3. The van der Waals surface area contributed by atoms with Crippen LogP contribution in [0.3, 0.4) is 0 Å². The standard InChI is InChI=1S/C23H36O4.C22H34O5.C22H33O5.3CH4/c1-7-18(25)27-17-13-21(5,8-2)20(26)15(4)23-11-9-14(3)22(17,6)19(23)16(24)10-12-23;2*1-6-20(4)11-16(27-17(25)12-23)21(5)13(2)7-9-22(14(3)19(20)26)10-8-15(24)18(21)22;;;/h8,14-15,17,19-20,26H,2,7,9-13H2,1,3-6H3;6,13-14,16,18-19,23,26H,1,7-12H2,2-5H3;1,6,13-14,16,18-19,23,26H,7-12H2,2-5H3;3*1H4/q;;+1;;;/t14-,15+,17-,19?,20+,21+,22+,23-;13-,14+,16-,18?,19+,20-,21+,22-;13-,14+,16-,18?,19+,20+,21+,22-;;;/m111.../s1. The number of hydrogen-bond donors (Lipinski definition) is 5. The lowest BCUT2D eigenvalue weighted by Gasteiger charge is -2.61. The molecule has 0 aromatic heterocycles. The number of ether oxygens (including phenoxy) is 3. The number of aliphatic hydroxyl groups excluding tert-OH is 5. The van der Waals surface area contributed by atoms with E-state index in [1.807, 2.05) is 26.8 Å². The fraction of sp³-hybridized carbons (Fsp3) is 0.829. The van der Waals surface area contributed by atoms with Gasteiger partial charge >= 0.3 is 17.9 Å². The van der Waals surface area contributed by atoms with E-state index < -0.39 is 94.3 Å². The maximum absolute atomic E-state index is 13.2. The number of aliphatic hydroxyl groups is 5. The molecule has 0 heterocycles. The SMILES string of the molecule is C.C.C.C=C[C@@]1(C)C[C@@H](OC(=O)CC)[C@@]2(C)C3C(=O)CC[C@]3(CC[C@H]2C)[C@@H](C)[C@@H]1O.C=C[C@]1(C)C[C@@H](OC(=O)CO)[C@@]2(C)C3C(=O)CC[C@]3(CC[C@H]2C)[C@@H](C)[C@@H]1O.[CH+]=C[C@@]1(C)C[C@@H](OC(=O)CO)[C@@]2(C)C3C(=O)CC[C@]3(CC[C@H]2C)[C@@H](C)[C@@H]1O. The molecule has 3 unspecified atom stereocenters. The van der Waals surface area contributed by atoms with Gasteiger partial charge in [0.2, 0.25) is 6.58 Å². The van der Waals surface area contributed by atoms with Gasteiger partial charge in [-0.2, -0.15) is 0 Å². The van der Waals surface area contributed by atoms with Crippen LogP contribution in [-0.2, 0) is 43.0 Å². The molecule has 14 nitrogen and oxygen atoms in total. The van der Waals surface area contributed by atoms with Gasteiger partial charge in [-0.1, -0.05) is 118 Å². The van der Waals surface area contributed by atoms with Gasteiger partial charge in [0, 0.05) is 76.9 Å². The van der Waals surface area contributed by atoms with Gasteiger partial charge in [0.05, 0.1) is 23.7 Å². The Hall–Kier alpha value is -3.65. The maximum atomic E-state index is 13.2. The van der Waals surface area contributed by atoms with Crippen molar-refractivity contribution in [3.8, 4) is 0 Å². The Morgan fingerprint density at radius 2 is 0.762 bits per heavy atom. The molecule has 0 radical (unpaired) electrons. The summed E-state index contributed by atoms with van der Waals surface area (Å²) in [4.78, 5) is 75.8. The molecule has 9 rings (SSSR count). The van der Waals surface area contributed by atoms with Gasteiger partial charge in [-0.15, -0.1) is 13.2 Å². The Morgan fingerprint density at radius 1 is 0.500 bits per heavy atom. The number of rotatable bonds is 9. The van der Waals surface area contributed by atoms with Crippen molar-refractivity contribution in [3.05, 3.63) is 38.0 Å². The van der Waals surface area contributed by atoms with Gasteiger partial charge in [-0.3, -0.25) is 19.2 Å². The van der Waals surface area contributed by atoms with Gasteiger partial charge < -0.3 is 39.7 Å². The molecule has 0 aromatic rings. The number of Topliss-reactive ketones (excluding diaryl/α,β-unsaturated/α-hetero) is 3. The minimum atomic E-state index is -0.748. The second-order valence-corrected chi connectivity index (χ2v) is 29.3. The first-order valence-electron chi connectivity index (χ1n) is 31.0. The summed E-state index contributed by atoms with van der Waals surface area (Å²) in [5.74, 6) is -0.958. The zero-order valence-corrected chi connectivity index (χ0v) is 51.5. The van der Waals surface area contributed by atoms with Crippen LogP contribution in [0.1, 0.15) is 215 Å². The van der Waals surface area contributed by atoms with E-state index in [9.17, 15) is 54.3 Å². The van der Waals surface area contributed by atoms with Crippen molar-refractivity contribution in [3.63, 3.8) is 0 Å². The van der Waals surface area contributed by atoms with E-state index in [4.69, 9.17) is 20.8 Å². The summed E-state index contributed by atoms with van der Waals surface area (Å²) >= 11 is 0. The summed E-state index contributed by atoms with van der Waals surface area (Å²) in [6.45, 7) is 39.3. The van der Waals surface area contributed by atoms with Crippen LogP contribution in [0, 0.1) is 109 Å². The highest BCUT2D eigenvalue weighted by atomic mass is 16.6. The van der Waals surface area contributed by atoms with Crippen LogP contribution >= 0.6 is 0 Å². The van der Waals surface area contributed by atoms with Crippen LogP contribution in [0.5, 0.6) is 0 Å². The van der Waals surface area contributed by atoms with E-state index in [0.29, 0.717) is 50.7 Å². The highest BCUT2D eigenvalue weighted by Crippen LogP contribution is 2.71. The molecule has 9 fully saturated rings. The van der Waals surface area contributed by atoms with Crippen LogP contribution in [0.25, 0.3) is 0 Å². The lowest BCUT2D eigenvalue weighted by atomic mass is 9.44. The monoisotopic (exact) mass is 1180 g/mol. The third-order valence-electron chi connectivity index (χ3n) is 26.2. The lowest BCUT2D eigenvalue weighted by molar-refractivity contribution is -0.207. The van der Waals surface area contributed by atoms with Crippen molar-refractivity contribution in [2.24, 2.45) is 102 Å². The molecule has 6 bridgehead atoms.